The van der Waals surface area contributed by atoms with E-state index in [1.165, 1.54) is 5.56 Å². The van der Waals surface area contributed by atoms with Gasteiger partial charge in [0.25, 0.3) is 0 Å². The topological polar surface area (TPSA) is 43.2 Å². The van der Waals surface area contributed by atoms with E-state index in [1.807, 2.05) is 36.5 Å². The molecule has 1 fully saturated rings. The van der Waals surface area contributed by atoms with Crippen LogP contribution in [-0.2, 0) is 6.54 Å². The Morgan fingerprint density at radius 2 is 1.90 bits per heavy atom. The molecule has 0 radical (unpaired) electrons. The molecule has 0 saturated carbocycles. The Balaban J connectivity index is 1.57. The summed E-state index contributed by atoms with van der Waals surface area (Å²) in [6.07, 6.45) is 1.84. The summed E-state index contributed by atoms with van der Waals surface area (Å²) in [5.41, 5.74) is 1.94. The second kappa shape index (κ2) is 6.38. The second-order valence-corrected chi connectivity index (χ2v) is 5.26. The molecule has 0 atom stereocenters. The lowest BCUT2D eigenvalue weighted by atomic mass is 10.1. The first kappa shape index (κ1) is 13.6. The molecule has 3 rings (SSSR count). The van der Waals surface area contributed by atoms with E-state index in [0.29, 0.717) is 0 Å². The number of hydrogen-bond acceptors (Lipinski definition) is 4. The fraction of sp³-hybridized carbons (Fsp3) is 0.294. The molecule has 0 amide bonds. The van der Waals surface area contributed by atoms with Gasteiger partial charge in [0.15, 0.2) is 0 Å². The van der Waals surface area contributed by atoms with Gasteiger partial charge >= 0.3 is 0 Å². The van der Waals surface area contributed by atoms with E-state index >= 15 is 0 Å². The first-order valence-electron chi connectivity index (χ1n) is 7.22. The van der Waals surface area contributed by atoms with Crippen molar-refractivity contribution in [1.82, 2.24) is 9.88 Å². The average molecular weight is 278 g/mol. The predicted octanol–water partition coefficient (Wildman–Crippen LogP) is 2.28. The summed E-state index contributed by atoms with van der Waals surface area (Å²) in [6, 6.07) is 16.1. The highest BCUT2D eigenvalue weighted by atomic mass is 15.3. The van der Waals surface area contributed by atoms with Crippen molar-refractivity contribution < 1.29 is 0 Å². The van der Waals surface area contributed by atoms with Crippen molar-refractivity contribution in [1.29, 1.82) is 5.26 Å². The summed E-state index contributed by atoms with van der Waals surface area (Å²) in [5.74, 6) is 1.06. The van der Waals surface area contributed by atoms with Crippen LogP contribution in [0.25, 0.3) is 0 Å². The maximum Gasteiger partial charge on any atom is 0.128 e. The van der Waals surface area contributed by atoms with Crippen molar-refractivity contribution in [2.24, 2.45) is 0 Å². The Bertz CT molecular complexity index is 625. The van der Waals surface area contributed by atoms with Crippen LogP contribution >= 0.6 is 0 Å². The van der Waals surface area contributed by atoms with Crippen LogP contribution in [0, 0.1) is 11.3 Å². The molecule has 1 aliphatic heterocycles. The van der Waals surface area contributed by atoms with Gasteiger partial charge in [0.1, 0.15) is 5.82 Å². The monoisotopic (exact) mass is 278 g/mol. The molecule has 106 valence electrons. The summed E-state index contributed by atoms with van der Waals surface area (Å²) in [7, 11) is 0. The number of nitrogens with zero attached hydrogens (tertiary/aromatic N) is 4. The zero-order valence-electron chi connectivity index (χ0n) is 11.9. The van der Waals surface area contributed by atoms with E-state index in [-0.39, 0.29) is 0 Å². The summed E-state index contributed by atoms with van der Waals surface area (Å²) in [6.45, 7) is 4.94. The summed E-state index contributed by atoms with van der Waals surface area (Å²) >= 11 is 0. The van der Waals surface area contributed by atoms with Gasteiger partial charge in [0, 0.05) is 38.9 Å². The van der Waals surface area contributed by atoms with Crippen LogP contribution in [0.3, 0.4) is 0 Å². The van der Waals surface area contributed by atoms with E-state index < -0.39 is 0 Å². The van der Waals surface area contributed by atoms with Gasteiger partial charge in [0.2, 0.25) is 0 Å². The van der Waals surface area contributed by atoms with Crippen LogP contribution in [0.15, 0.2) is 48.7 Å². The Morgan fingerprint density at radius 3 is 2.62 bits per heavy atom. The molecule has 0 N–H and O–H groups in total. The molecule has 1 aliphatic rings. The lowest BCUT2D eigenvalue weighted by Gasteiger charge is -2.35. The van der Waals surface area contributed by atoms with E-state index in [1.54, 1.807) is 0 Å². The van der Waals surface area contributed by atoms with E-state index in [4.69, 9.17) is 5.26 Å². The molecule has 2 heterocycles. The van der Waals surface area contributed by atoms with Crippen molar-refractivity contribution in [2.45, 2.75) is 6.54 Å². The summed E-state index contributed by atoms with van der Waals surface area (Å²) in [4.78, 5) is 9.15. The van der Waals surface area contributed by atoms with Crippen LogP contribution in [0.4, 0.5) is 5.82 Å². The Labute approximate surface area is 125 Å². The van der Waals surface area contributed by atoms with E-state index in [0.717, 1.165) is 44.1 Å². The molecule has 21 heavy (non-hydrogen) atoms. The summed E-state index contributed by atoms with van der Waals surface area (Å²) < 4.78 is 0. The van der Waals surface area contributed by atoms with Gasteiger partial charge < -0.3 is 4.90 Å². The fourth-order valence-corrected chi connectivity index (χ4v) is 2.67. The third-order valence-corrected chi connectivity index (χ3v) is 3.81. The first-order chi connectivity index (χ1) is 10.3. The average Bonchev–Trinajstić information content (AvgIpc) is 2.56. The zero-order valence-corrected chi connectivity index (χ0v) is 11.9. The maximum atomic E-state index is 8.95. The number of pyridine rings is 1. The minimum atomic E-state index is 0.736. The van der Waals surface area contributed by atoms with Crippen molar-refractivity contribution in [3.8, 4) is 6.07 Å². The largest absolute Gasteiger partial charge is 0.354 e. The predicted molar refractivity (Wildman–Crippen MR) is 82.9 cm³/mol. The van der Waals surface area contributed by atoms with Gasteiger partial charge in [-0.1, -0.05) is 18.2 Å². The molecular formula is C17H18N4. The van der Waals surface area contributed by atoms with Gasteiger partial charge in [-0.25, -0.2) is 4.98 Å². The molecule has 4 nitrogen and oxygen atoms in total. The van der Waals surface area contributed by atoms with Gasteiger partial charge in [-0.15, -0.1) is 0 Å². The number of benzene rings is 1. The maximum absolute atomic E-state index is 8.95. The third kappa shape index (κ3) is 3.39. The molecule has 0 aliphatic carbocycles. The number of hydrogen-bond donors (Lipinski definition) is 0. The van der Waals surface area contributed by atoms with E-state index in [9.17, 15) is 0 Å². The Kier molecular flexibility index (Phi) is 4.13. The number of piperazine rings is 1. The standard InChI is InChI=1S/C17H18N4/c18-13-15-4-3-5-16(12-15)14-20-8-10-21(11-9-20)17-6-1-2-7-19-17/h1-7,12H,8-11,14H2. The minimum absolute atomic E-state index is 0.736. The quantitative estimate of drug-likeness (QED) is 0.864. The first-order valence-corrected chi connectivity index (χ1v) is 7.22. The van der Waals surface area contributed by atoms with Crippen molar-refractivity contribution in [3.63, 3.8) is 0 Å². The highest BCUT2D eigenvalue weighted by Gasteiger charge is 2.17. The summed E-state index contributed by atoms with van der Waals surface area (Å²) in [5, 5.41) is 8.95. The van der Waals surface area contributed by atoms with E-state index in [2.05, 4.69) is 33.0 Å². The third-order valence-electron chi connectivity index (χ3n) is 3.81. The normalized spacial score (nSPS) is 15.7. The van der Waals surface area contributed by atoms with Crippen molar-refractivity contribution in [3.05, 3.63) is 59.8 Å². The number of aromatic nitrogens is 1. The SMILES string of the molecule is N#Cc1cccc(CN2CCN(c3ccccn3)CC2)c1. The zero-order chi connectivity index (χ0) is 14.5. The van der Waals surface area contributed by atoms with Crippen LogP contribution in [0.1, 0.15) is 11.1 Å². The molecular weight excluding hydrogens is 260 g/mol. The Hall–Kier alpha value is -2.38. The molecule has 4 heteroatoms. The Morgan fingerprint density at radius 1 is 1.05 bits per heavy atom. The van der Waals surface area contributed by atoms with Gasteiger partial charge in [0.05, 0.1) is 11.6 Å². The lowest BCUT2D eigenvalue weighted by Crippen LogP contribution is -2.46. The molecule has 1 aromatic heterocycles. The van der Waals surface area contributed by atoms with Crippen LogP contribution in [-0.4, -0.2) is 36.1 Å². The minimum Gasteiger partial charge on any atom is -0.354 e. The van der Waals surface area contributed by atoms with Crippen LogP contribution in [0.5, 0.6) is 0 Å². The number of anilines is 1. The van der Waals surface area contributed by atoms with Gasteiger partial charge in [-0.2, -0.15) is 5.26 Å². The number of nitriles is 1. The van der Waals surface area contributed by atoms with Crippen molar-refractivity contribution >= 4 is 5.82 Å². The van der Waals surface area contributed by atoms with Crippen molar-refractivity contribution in [2.75, 3.05) is 31.1 Å². The highest BCUT2D eigenvalue weighted by Crippen LogP contribution is 2.14. The fourth-order valence-electron chi connectivity index (χ4n) is 2.67. The van der Waals surface area contributed by atoms with Crippen LogP contribution < -0.4 is 4.90 Å². The molecule has 1 saturated heterocycles. The second-order valence-electron chi connectivity index (χ2n) is 5.26. The molecule has 0 spiro atoms. The molecule has 0 bridgehead atoms. The molecule has 0 unspecified atom stereocenters. The lowest BCUT2D eigenvalue weighted by molar-refractivity contribution is 0.249. The smallest absolute Gasteiger partial charge is 0.128 e. The van der Waals surface area contributed by atoms with Gasteiger partial charge in [-0.05, 0) is 29.8 Å². The highest BCUT2D eigenvalue weighted by molar-refractivity contribution is 5.38. The molecule has 1 aromatic carbocycles. The van der Waals surface area contributed by atoms with Crippen LogP contribution in [0.2, 0.25) is 0 Å². The van der Waals surface area contributed by atoms with Gasteiger partial charge in [-0.3, -0.25) is 4.90 Å². The number of rotatable bonds is 3. The molecule has 2 aromatic rings.